The van der Waals surface area contributed by atoms with Crippen LogP contribution in [0.1, 0.15) is 9.08 Å². The molecule has 0 radical (unpaired) electrons. The molecule has 34 heavy (non-hydrogen) atoms. The predicted molar refractivity (Wildman–Crippen MR) is 101 cm³/mol. The van der Waals surface area contributed by atoms with Crippen LogP contribution in [0.15, 0.2) is 11.1 Å². The van der Waals surface area contributed by atoms with Crippen molar-refractivity contribution in [3.05, 3.63) is 16.7 Å². The average Bonchev–Trinajstić information content (AvgIpc) is 3.12. The van der Waals surface area contributed by atoms with Crippen molar-refractivity contribution in [1.82, 2.24) is 19.5 Å². The fourth-order valence-electron chi connectivity index (χ4n) is 2.70. The molecule has 9 N–H and O–H groups in total. The maximum Gasteiger partial charge on any atom is 1.00 e. The second-order valence-corrected chi connectivity index (χ2v) is 10.6. The van der Waals surface area contributed by atoms with E-state index in [4.69, 9.17) is 25.2 Å². The smallest absolute Gasteiger partial charge is 1.00 e. The Morgan fingerprint density at radius 2 is 1.74 bits per heavy atom. The van der Waals surface area contributed by atoms with Crippen LogP contribution < -0.4 is 70.4 Å². The van der Waals surface area contributed by atoms with Crippen LogP contribution in [0.25, 0.3) is 11.2 Å². The van der Waals surface area contributed by atoms with Crippen molar-refractivity contribution in [2.75, 3.05) is 12.3 Å². The number of hydrogen-bond donors (Lipinski definition) is 8. The van der Waals surface area contributed by atoms with E-state index in [1.54, 1.807) is 0 Å². The van der Waals surface area contributed by atoms with Gasteiger partial charge in [0.1, 0.15) is 18.3 Å². The van der Waals surface area contributed by atoms with Crippen molar-refractivity contribution in [3.8, 4) is 0 Å². The van der Waals surface area contributed by atoms with Gasteiger partial charge in [-0.2, -0.15) is 13.6 Å². The maximum absolute atomic E-state index is 11.9. The van der Waals surface area contributed by atoms with Crippen LogP contribution in [0.5, 0.6) is 0 Å². The van der Waals surface area contributed by atoms with Gasteiger partial charge in [-0.05, 0) is 0 Å². The third kappa shape index (κ3) is 7.97. The number of imidazole rings is 1. The summed E-state index contributed by atoms with van der Waals surface area (Å²) in [6, 6.07) is 0. The number of anilines is 1. The number of nitrogen functional groups attached to an aromatic ring is 1. The van der Waals surface area contributed by atoms with Gasteiger partial charge in [0.2, 0.25) is 5.95 Å². The van der Waals surface area contributed by atoms with Gasteiger partial charge in [-0.3, -0.25) is 18.9 Å². The maximum atomic E-state index is 11.9. The van der Waals surface area contributed by atoms with Crippen molar-refractivity contribution < 1.29 is 123 Å². The third-order valence-corrected chi connectivity index (χ3v) is 7.68. The summed E-state index contributed by atoms with van der Waals surface area (Å²) in [7, 11) is -16.8. The summed E-state index contributed by atoms with van der Waals surface area (Å²) in [4.78, 5) is 57.3. The summed E-state index contributed by atoms with van der Waals surface area (Å²) in [6.45, 7) is -1.01. The number of phosphoric acid groups is 3. The van der Waals surface area contributed by atoms with Crippen LogP contribution in [0.3, 0.4) is 0 Å². The number of rotatable bonds is 8. The topological polar surface area (TPSA) is 299 Å². The number of aliphatic hydroxyl groups is 2. The standard InChI is InChI=1S/C10H16N5O14P3.2Na.2H/c11-10-13-7-4(8(18)14-10)12-2-15(7)9-6(17)5(16)3(27-9)1-26-31(22,23)29-32(24,25)28-30(19,20)21;;;;/h2-3,5-6,9,16-17H,1H2,(H,22,23)(H,24,25)(H2,19,20,21)(H3,11,13,14,18);;;;/q;2*+1;2*-1/t3-,5-,6-,9-;;;;/m1..../s1. The molecule has 24 heteroatoms. The number of aromatic amines is 1. The number of hydrogen-bond acceptors (Lipinski definition) is 13. The van der Waals surface area contributed by atoms with Crippen LogP contribution in [0.4, 0.5) is 5.95 Å². The number of fused-ring (bicyclic) bond motifs is 1. The van der Waals surface area contributed by atoms with Crippen LogP contribution in [-0.2, 0) is 31.6 Å². The molecule has 2 unspecified atom stereocenters. The Hall–Kier alpha value is 0.440. The molecule has 2 aromatic heterocycles. The number of aromatic nitrogens is 4. The molecule has 0 aromatic carbocycles. The van der Waals surface area contributed by atoms with Gasteiger partial charge in [0, 0.05) is 0 Å². The van der Waals surface area contributed by atoms with E-state index in [0.717, 1.165) is 10.9 Å². The number of H-pyrrole nitrogens is 1. The SMILES string of the molecule is Nc1nc2c(ncn2[C@@H]2O[C@H](COP(=O)(O)OP(=O)(O)OP(=O)(O)O)[C@@H](O)[C@H]2O)c(=O)[nH]1.[H-].[H-].[Na+].[Na+]. The normalized spacial score (nSPS) is 26.3. The van der Waals surface area contributed by atoms with Crippen LogP contribution >= 0.6 is 23.5 Å². The first kappa shape index (κ1) is 32.5. The molecule has 1 fully saturated rings. The average molecular weight is 571 g/mol. The minimum atomic E-state index is -5.73. The summed E-state index contributed by atoms with van der Waals surface area (Å²) >= 11 is 0. The summed E-state index contributed by atoms with van der Waals surface area (Å²) in [5.41, 5.74) is 4.50. The number of nitrogens with two attached hydrogens (primary N) is 1. The first-order valence-corrected chi connectivity index (χ1v) is 12.6. The minimum Gasteiger partial charge on any atom is -1.00 e. The van der Waals surface area contributed by atoms with E-state index in [1.807, 2.05) is 0 Å². The molecule has 184 valence electrons. The molecule has 0 spiro atoms. The summed E-state index contributed by atoms with van der Waals surface area (Å²) in [5.74, 6) is -0.276. The van der Waals surface area contributed by atoms with Gasteiger partial charge in [0.25, 0.3) is 5.56 Å². The number of nitrogens with one attached hydrogen (secondary N) is 1. The molecule has 0 bridgehead atoms. The number of phosphoric ester groups is 1. The Labute approximate surface area is 235 Å². The molecule has 6 atom stereocenters. The van der Waals surface area contributed by atoms with Gasteiger partial charge < -0.3 is 43.1 Å². The Bertz CT molecular complexity index is 1230. The molecule has 3 heterocycles. The summed E-state index contributed by atoms with van der Waals surface area (Å²) in [5, 5.41) is 20.4. The quantitative estimate of drug-likeness (QED) is 0.108. The zero-order chi connectivity index (χ0) is 24.1. The van der Waals surface area contributed by atoms with Crippen molar-refractivity contribution in [2.45, 2.75) is 24.5 Å². The van der Waals surface area contributed by atoms with E-state index in [2.05, 4.69) is 28.1 Å². The van der Waals surface area contributed by atoms with Crippen molar-refractivity contribution >= 4 is 40.6 Å². The second kappa shape index (κ2) is 11.9. The molecule has 2 aromatic rings. The van der Waals surface area contributed by atoms with Crippen LogP contribution in [0.2, 0.25) is 0 Å². The first-order valence-electron chi connectivity index (χ1n) is 8.11. The molecule has 1 aliphatic rings. The molecule has 1 aliphatic heterocycles. The van der Waals surface area contributed by atoms with Gasteiger partial charge in [-0.25, -0.2) is 18.7 Å². The molecule has 1 saturated heterocycles. The Balaban J connectivity index is 0. The second-order valence-electron chi connectivity index (χ2n) is 6.21. The van der Waals surface area contributed by atoms with E-state index in [-0.39, 0.29) is 79.1 Å². The minimum absolute atomic E-state index is 0. The van der Waals surface area contributed by atoms with E-state index in [0.29, 0.717) is 0 Å². The van der Waals surface area contributed by atoms with Crippen molar-refractivity contribution in [1.29, 1.82) is 0 Å². The number of aliphatic hydroxyl groups excluding tert-OH is 2. The molecular formula is C10H18N5Na2O14P3. The Kier molecular flexibility index (Phi) is 11.3. The fourth-order valence-corrected chi connectivity index (χ4v) is 5.73. The van der Waals surface area contributed by atoms with E-state index in [1.165, 1.54) is 0 Å². The Morgan fingerprint density at radius 1 is 1.12 bits per heavy atom. The van der Waals surface area contributed by atoms with E-state index >= 15 is 0 Å². The summed E-state index contributed by atoms with van der Waals surface area (Å²) in [6.07, 6.45) is -5.33. The molecule has 0 amide bonds. The van der Waals surface area contributed by atoms with Gasteiger partial charge in [-0.1, -0.05) is 0 Å². The van der Waals surface area contributed by atoms with Crippen molar-refractivity contribution in [2.24, 2.45) is 0 Å². The van der Waals surface area contributed by atoms with Gasteiger partial charge in [0.15, 0.2) is 17.4 Å². The third-order valence-electron chi connectivity index (χ3n) is 3.88. The molecule has 0 saturated carbocycles. The van der Waals surface area contributed by atoms with Crippen LogP contribution in [-0.4, -0.2) is 74.2 Å². The van der Waals surface area contributed by atoms with E-state index in [9.17, 15) is 33.6 Å². The monoisotopic (exact) mass is 571 g/mol. The predicted octanol–water partition coefficient (Wildman–Crippen LogP) is -8.10. The van der Waals surface area contributed by atoms with Crippen molar-refractivity contribution in [3.63, 3.8) is 0 Å². The summed E-state index contributed by atoms with van der Waals surface area (Å²) < 4.78 is 51.6. The molecular weight excluding hydrogens is 553 g/mol. The number of ether oxygens (including phenoxy) is 1. The Morgan fingerprint density at radius 3 is 2.32 bits per heavy atom. The van der Waals surface area contributed by atoms with Gasteiger partial charge in [-0.15, -0.1) is 0 Å². The molecule has 3 rings (SSSR count). The molecule has 19 nitrogen and oxygen atoms in total. The zero-order valence-corrected chi connectivity index (χ0v) is 24.0. The largest absolute Gasteiger partial charge is 1.00 e. The molecule has 0 aliphatic carbocycles. The van der Waals surface area contributed by atoms with Gasteiger partial charge in [0.05, 0.1) is 12.9 Å². The number of nitrogens with zero attached hydrogens (tertiary/aromatic N) is 3. The van der Waals surface area contributed by atoms with E-state index < -0.39 is 60.2 Å². The van der Waals surface area contributed by atoms with Crippen LogP contribution in [0, 0.1) is 0 Å². The zero-order valence-electron chi connectivity index (χ0n) is 19.3. The van der Waals surface area contributed by atoms with Gasteiger partial charge >= 0.3 is 82.6 Å². The first-order chi connectivity index (χ1) is 14.6. The fraction of sp³-hybridized carbons (Fsp3) is 0.500.